The van der Waals surface area contributed by atoms with Gasteiger partial charge in [-0.15, -0.1) is 11.3 Å². The number of hydrogen-bond acceptors (Lipinski definition) is 4. The zero-order chi connectivity index (χ0) is 17.1. The highest BCUT2D eigenvalue weighted by Gasteiger charge is 2.19. The molecule has 0 aliphatic carbocycles. The van der Waals surface area contributed by atoms with Crippen LogP contribution in [0.3, 0.4) is 0 Å². The van der Waals surface area contributed by atoms with Gasteiger partial charge in [-0.3, -0.25) is 14.2 Å². The molecule has 1 N–H and O–H groups in total. The van der Waals surface area contributed by atoms with Crippen LogP contribution in [0.15, 0.2) is 52.0 Å². The monoisotopic (exact) mass is 362 g/mol. The van der Waals surface area contributed by atoms with Crippen molar-refractivity contribution >= 4 is 28.6 Å². The molecule has 0 bridgehead atoms. The minimum absolute atomic E-state index is 0.0305. The van der Waals surface area contributed by atoms with E-state index in [1.54, 1.807) is 24.4 Å². The predicted octanol–water partition coefficient (Wildman–Crippen LogP) is 3.32. The van der Waals surface area contributed by atoms with Crippen LogP contribution in [-0.2, 0) is 11.3 Å². The SMILES string of the molecule is Cc1csc(=O)n1CC(=O)N[C@@H](c1ccc(F)cc1)c1cccs1. The summed E-state index contributed by atoms with van der Waals surface area (Å²) in [6, 6.07) is 9.50. The van der Waals surface area contributed by atoms with Crippen molar-refractivity contribution in [3.63, 3.8) is 0 Å². The normalized spacial score (nSPS) is 12.1. The molecule has 24 heavy (non-hydrogen) atoms. The lowest BCUT2D eigenvalue weighted by Crippen LogP contribution is -2.34. The molecule has 1 atom stereocenters. The molecule has 0 unspecified atom stereocenters. The van der Waals surface area contributed by atoms with Crippen molar-refractivity contribution in [2.45, 2.75) is 19.5 Å². The smallest absolute Gasteiger partial charge is 0.307 e. The van der Waals surface area contributed by atoms with E-state index in [1.165, 1.54) is 28.0 Å². The molecule has 0 saturated heterocycles. The molecule has 124 valence electrons. The van der Waals surface area contributed by atoms with Gasteiger partial charge in [0, 0.05) is 16.0 Å². The summed E-state index contributed by atoms with van der Waals surface area (Å²) in [5, 5.41) is 6.59. The van der Waals surface area contributed by atoms with Gasteiger partial charge in [-0.05, 0) is 36.1 Å². The Morgan fingerprint density at radius 3 is 2.58 bits per heavy atom. The van der Waals surface area contributed by atoms with E-state index < -0.39 is 0 Å². The third-order valence-corrected chi connectivity index (χ3v) is 5.43. The van der Waals surface area contributed by atoms with E-state index in [2.05, 4.69) is 5.32 Å². The van der Waals surface area contributed by atoms with Crippen molar-refractivity contribution in [3.8, 4) is 0 Å². The number of aryl methyl sites for hydroxylation is 1. The predicted molar refractivity (Wildman–Crippen MR) is 94.0 cm³/mol. The highest BCUT2D eigenvalue weighted by atomic mass is 32.1. The Balaban J connectivity index is 1.83. The molecule has 0 spiro atoms. The first kappa shape index (κ1) is 16.6. The van der Waals surface area contributed by atoms with Gasteiger partial charge in [-0.2, -0.15) is 0 Å². The minimum atomic E-state index is -0.368. The first-order chi connectivity index (χ1) is 11.5. The quantitative estimate of drug-likeness (QED) is 0.757. The van der Waals surface area contributed by atoms with E-state index in [0.29, 0.717) is 0 Å². The fraction of sp³-hybridized carbons (Fsp3) is 0.176. The third-order valence-electron chi connectivity index (χ3n) is 3.61. The van der Waals surface area contributed by atoms with Crippen molar-refractivity contribution in [2.75, 3.05) is 0 Å². The van der Waals surface area contributed by atoms with Crippen LogP contribution in [0.5, 0.6) is 0 Å². The van der Waals surface area contributed by atoms with E-state index in [1.807, 2.05) is 17.5 Å². The van der Waals surface area contributed by atoms with E-state index in [-0.39, 0.29) is 29.2 Å². The van der Waals surface area contributed by atoms with Gasteiger partial charge in [0.15, 0.2) is 0 Å². The fourth-order valence-corrected chi connectivity index (χ4v) is 3.91. The molecule has 0 aliphatic rings. The van der Waals surface area contributed by atoms with Crippen molar-refractivity contribution < 1.29 is 9.18 Å². The maximum atomic E-state index is 13.2. The lowest BCUT2D eigenvalue weighted by atomic mass is 10.1. The van der Waals surface area contributed by atoms with Crippen LogP contribution in [0.1, 0.15) is 22.2 Å². The lowest BCUT2D eigenvalue weighted by Gasteiger charge is -2.18. The van der Waals surface area contributed by atoms with Crippen LogP contribution >= 0.6 is 22.7 Å². The van der Waals surface area contributed by atoms with Crippen molar-refractivity contribution in [3.05, 3.63) is 78.8 Å². The van der Waals surface area contributed by atoms with E-state index in [4.69, 9.17) is 0 Å². The summed E-state index contributed by atoms with van der Waals surface area (Å²) in [6.07, 6.45) is 0. The van der Waals surface area contributed by atoms with Gasteiger partial charge in [-0.1, -0.05) is 29.5 Å². The average molecular weight is 362 g/mol. The molecule has 2 aromatic heterocycles. The second-order valence-corrected chi connectivity index (χ2v) is 7.10. The number of nitrogens with one attached hydrogen (secondary N) is 1. The maximum absolute atomic E-state index is 13.2. The lowest BCUT2D eigenvalue weighted by molar-refractivity contribution is -0.122. The summed E-state index contributed by atoms with van der Waals surface area (Å²) in [6.45, 7) is 1.76. The number of benzene rings is 1. The Kier molecular flexibility index (Phi) is 4.92. The number of hydrogen-bond donors (Lipinski definition) is 1. The zero-order valence-corrected chi connectivity index (χ0v) is 14.5. The first-order valence-electron chi connectivity index (χ1n) is 7.28. The number of thiazole rings is 1. The molecule has 0 radical (unpaired) electrons. The molecule has 4 nitrogen and oxygen atoms in total. The molecule has 1 amide bonds. The second kappa shape index (κ2) is 7.11. The molecule has 7 heteroatoms. The van der Waals surface area contributed by atoms with Crippen LogP contribution in [-0.4, -0.2) is 10.5 Å². The Morgan fingerprint density at radius 1 is 1.25 bits per heavy atom. The van der Waals surface area contributed by atoms with Crippen LogP contribution in [0.2, 0.25) is 0 Å². The van der Waals surface area contributed by atoms with Gasteiger partial charge in [-0.25, -0.2) is 4.39 Å². The summed E-state index contributed by atoms with van der Waals surface area (Å²) < 4.78 is 14.6. The number of nitrogens with zero attached hydrogens (tertiary/aromatic N) is 1. The molecule has 0 saturated carbocycles. The van der Waals surface area contributed by atoms with Crippen molar-refractivity contribution in [1.82, 2.24) is 9.88 Å². The number of carbonyl (C=O) groups excluding carboxylic acids is 1. The van der Waals surface area contributed by atoms with Gasteiger partial charge >= 0.3 is 4.87 Å². The van der Waals surface area contributed by atoms with Gasteiger partial charge in [0.2, 0.25) is 5.91 Å². The maximum Gasteiger partial charge on any atom is 0.307 e. The van der Waals surface area contributed by atoms with Gasteiger partial charge in [0.05, 0.1) is 6.04 Å². The number of halogens is 1. The zero-order valence-electron chi connectivity index (χ0n) is 12.9. The minimum Gasteiger partial charge on any atom is -0.343 e. The number of amides is 1. The van der Waals surface area contributed by atoms with Gasteiger partial charge < -0.3 is 5.32 Å². The number of aromatic nitrogens is 1. The largest absolute Gasteiger partial charge is 0.343 e. The Labute approximate surface area is 146 Å². The molecule has 0 aliphatic heterocycles. The highest BCUT2D eigenvalue weighted by molar-refractivity contribution is 7.10. The second-order valence-electron chi connectivity index (χ2n) is 5.30. The number of carbonyl (C=O) groups is 1. The van der Waals surface area contributed by atoms with E-state index in [0.717, 1.165) is 27.5 Å². The van der Waals surface area contributed by atoms with Gasteiger partial charge in [0.25, 0.3) is 0 Å². The van der Waals surface area contributed by atoms with Gasteiger partial charge in [0.1, 0.15) is 12.4 Å². The average Bonchev–Trinajstić information content (AvgIpc) is 3.19. The van der Waals surface area contributed by atoms with Crippen LogP contribution < -0.4 is 10.2 Å². The van der Waals surface area contributed by atoms with E-state index >= 15 is 0 Å². The summed E-state index contributed by atoms with van der Waals surface area (Å²) in [7, 11) is 0. The fourth-order valence-electron chi connectivity index (χ4n) is 2.38. The third kappa shape index (κ3) is 3.63. The Bertz CT molecular complexity index is 882. The summed E-state index contributed by atoms with van der Waals surface area (Å²) >= 11 is 2.59. The summed E-state index contributed by atoms with van der Waals surface area (Å²) in [5.74, 6) is -0.586. The summed E-state index contributed by atoms with van der Waals surface area (Å²) in [4.78, 5) is 25.0. The van der Waals surface area contributed by atoms with Crippen LogP contribution in [0.4, 0.5) is 4.39 Å². The van der Waals surface area contributed by atoms with E-state index in [9.17, 15) is 14.0 Å². The van der Waals surface area contributed by atoms with Crippen LogP contribution in [0, 0.1) is 12.7 Å². The van der Waals surface area contributed by atoms with Crippen molar-refractivity contribution in [1.29, 1.82) is 0 Å². The molecular weight excluding hydrogens is 347 g/mol. The number of rotatable bonds is 5. The molecule has 0 fully saturated rings. The standard InChI is InChI=1S/C17H15FN2O2S2/c1-11-10-24-17(22)20(11)9-15(21)19-16(14-3-2-8-23-14)12-4-6-13(18)7-5-12/h2-8,10,16H,9H2,1H3,(H,19,21)/t16-/m0/s1. The molecular formula is C17H15FN2O2S2. The highest BCUT2D eigenvalue weighted by Crippen LogP contribution is 2.26. The molecule has 2 heterocycles. The van der Waals surface area contributed by atoms with Crippen LogP contribution in [0.25, 0.3) is 0 Å². The Hall–Kier alpha value is -2.25. The first-order valence-corrected chi connectivity index (χ1v) is 9.03. The Morgan fingerprint density at radius 2 is 2.00 bits per heavy atom. The topological polar surface area (TPSA) is 51.1 Å². The molecule has 3 rings (SSSR count). The molecule has 3 aromatic rings. The summed E-state index contributed by atoms with van der Waals surface area (Å²) in [5.41, 5.74) is 1.55. The molecule has 1 aromatic carbocycles. The number of thiophene rings is 1. The van der Waals surface area contributed by atoms with Crippen molar-refractivity contribution in [2.24, 2.45) is 0 Å².